The van der Waals surface area contributed by atoms with Gasteiger partial charge in [0.2, 0.25) is 0 Å². The van der Waals surface area contributed by atoms with Crippen LogP contribution in [0.1, 0.15) is 31.0 Å². The van der Waals surface area contributed by atoms with Crippen molar-refractivity contribution in [2.45, 2.75) is 32.7 Å². The van der Waals surface area contributed by atoms with Crippen molar-refractivity contribution in [3.05, 3.63) is 35.5 Å². The number of unbranched alkanes of at least 4 members (excludes halogenated alkanes) is 1. The number of aromatic nitrogens is 2. The van der Waals surface area contributed by atoms with Crippen LogP contribution in [-0.2, 0) is 20.0 Å². The maximum absolute atomic E-state index is 12.3. The monoisotopic (exact) mass is 343 g/mol. The summed E-state index contributed by atoms with van der Waals surface area (Å²) in [6.45, 7) is 4.48. The van der Waals surface area contributed by atoms with Gasteiger partial charge in [-0.25, -0.2) is 4.79 Å². The van der Waals surface area contributed by atoms with Crippen LogP contribution in [0.4, 0.5) is 16.3 Å². The zero-order valence-corrected chi connectivity index (χ0v) is 14.8. The molecule has 7 nitrogen and oxygen atoms in total. The van der Waals surface area contributed by atoms with E-state index in [1.807, 2.05) is 31.3 Å². The summed E-state index contributed by atoms with van der Waals surface area (Å²) in [5, 5.41) is 13.5. The van der Waals surface area contributed by atoms with Gasteiger partial charge in [0.15, 0.2) is 0 Å². The average Bonchev–Trinajstić information content (AvgIpc) is 2.92. The van der Waals surface area contributed by atoms with E-state index in [-0.39, 0.29) is 6.03 Å². The summed E-state index contributed by atoms with van der Waals surface area (Å²) in [5.41, 5.74) is 2.82. The van der Waals surface area contributed by atoms with E-state index in [9.17, 15) is 4.79 Å². The SMILES string of the molecule is CCCCOc1ccc(NC(=O)Nc2c3c(nn2C)CCNC3)cc1. The second-order valence-corrected chi connectivity index (χ2v) is 6.13. The Morgan fingerprint density at radius 1 is 1.32 bits per heavy atom. The van der Waals surface area contributed by atoms with E-state index in [0.29, 0.717) is 6.61 Å². The fourth-order valence-electron chi connectivity index (χ4n) is 2.83. The van der Waals surface area contributed by atoms with Gasteiger partial charge >= 0.3 is 6.03 Å². The number of nitrogens with zero attached hydrogens (tertiary/aromatic N) is 2. The minimum Gasteiger partial charge on any atom is -0.494 e. The van der Waals surface area contributed by atoms with Crippen molar-refractivity contribution in [2.75, 3.05) is 23.8 Å². The summed E-state index contributed by atoms with van der Waals surface area (Å²) in [6, 6.07) is 7.11. The second-order valence-electron chi connectivity index (χ2n) is 6.13. The molecule has 0 aliphatic carbocycles. The van der Waals surface area contributed by atoms with Crippen LogP contribution < -0.4 is 20.7 Å². The van der Waals surface area contributed by atoms with Gasteiger partial charge in [0, 0.05) is 37.8 Å². The Morgan fingerprint density at radius 2 is 2.12 bits per heavy atom. The summed E-state index contributed by atoms with van der Waals surface area (Å²) in [6.07, 6.45) is 3.02. The smallest absolute Gasteiger partial charge is 0.324 e. The number of amides is 2. The van der Waals surface area contributed by atoms with Gasteiger partial charge in [-0.05, 0) is 30.7 Å². The normalized spacial score (nSPS) is 13.2. The molecule has 0 radical (unpaired) electrons. The first-order valence-corrected chi connectivity index (χ1v) is 8.73. The van der Waals surface area contributed by atoms with Crippen molar-refractivity contribution in [1.29, 1.82) is 0 Å². The van der Waals surface area contributed by atoms with Gasteiger partial charge in [-0.15, -0.1) is 0 Å². The molecule has 0 saturated heterocycles. The van der Waals surface area contributed by atoms with Crippen molar-refractivity contribution in [2.24, 2.45) is 7.05 Å². The molecule has 3 N–H and O–H groups in total. The summed E-state index contributed by atoms with van der Waals surface area (Å²) in [4.78, 5) is 12.3. The summed E-state index contributed by atoms with van der Waals surface area (Å²) in [7, 11) is 1.84. The van der Waals surface area contributed by atoms with Crippen molar-refractivity contribution in [3.63, 3.8) is 0 Å². The van der Waals surface area contributed by atoms with Crippen LogP contribution in [0.3, 0.4) is 0 Å². The van der Waals surface area contributed by atoms with Gasteiger partial charge in [0.25, 0.3) is 0 Å². The first kappa shape index (κ1) is 17.3. The zero-order valence-electron chi connectivity index (χ0n) is 14.8. The molecule has 0 spiro atoms. The maximum atomic E-state index is 12.3. The van der Waals surface area contributed by atoms with Crippen LogP contribution in [0.5, 0.6) is 5.75 Å². The fraction of sp³-hybridized carbons (Fsp3) is 0.444. The Kier molecular flexibility index (Phi) is 5.55. The van der Waals surface area contributed by atoms with Gasteiger partial charge in [-0.2, -0.15) is 5.10 Å². The highest BCUT2D eigenvalue weighted by Gasteiger charge is 2.20. The van der Waals surface area contributed by atoms with E-state index in [2.05, 4.69) is 28.0 Å². The molecular formula is C18H25N5O2. The molecule has 25 heavy (non-hydrogen) atoms. The first-order chi connectivity index (χ1) is 12.2. The van der Waals surface area contributed by atoms with E-state index >= 15 is 0 Å². The van der Waals surface area contributed by atoms with E-state index in [1.165, 1.54) is 0 Å². The minimum atomic E-state index is -0.281. The van der Waals surface area contributed by atoms with Gasteiger partial charge in [-0.1, -0.05) is 13.3 Å². The molecule has 1 aromatic heterocycles. The number of rotatable bonds is 6. The molecule has 0 unspecified atom stereocenters. The Balaban J connectivity index is 1.58. The summed E-state index contributed by atoms with van der Waals surface area (Å²) < 4.78 is 7.35. The van der Waals surface area contributed by atoms with Gasteiger partial charge in [0.05, 0.1) is 12.3 Å². The molecule has 1 aliphatic heterocycles. The zero-order chi connectivity index (χ0) is 17.6. The standard InChI is InChI=1S/C18H25N5O2/c1-3-4-11-25-14-7-5-13(6-8-14)20-18(24)21-17-15-12-19-10-9-16(15)22-23(17)2/h5-8,19H,3-4,9-12H2,1-2H3,(H2,20,21,24). The Hall–Kier alpha value is -2.54. The highest BCUT2D eigenvalue weighted by Crippen LogP contribution is 2.22. The maximum Gasteiger partial charge on any atom is 0.324 e. The lowest BCUT2D eigenvalue weighted by Crippen LogP contribution is -2.25. The van der Waals surface area contributed by atoms with E-state index in [4.69, 9.17) is 4.74 Å². The topological polar surface area (TPSA) is 80.2 Å². The molecule has 0 fully saturated rings. The molecule has 3 rings (SSSR count). The first-order valence-electron chi connectivity index (χ1n) is 8.73. The molecule has 2 heterocycles. The highest BCUT2D eigenvalue weighted by atomic mass is 16.5. The number of hydrogen-bond donors (Lipinski definition) is 3. The number of aryl methyl sites for hydroxylation is 1. The third-order valence-corrected chi connectivity index (χ3v) is 4.18. The van der Waals surface area contributed by atoms with E-state index in [0.717, 1.165) is 60.9 Å². The lowest BCUT2D eigenvalue weighted by atomic mass is 10.1. The molecule has 1 aromatic carbocycles. The van der Waals surface area contributed by atoms with Gasteiger partial charge < -0.3 is 15.4 Å². The van der Waals surface area contributed by atoms with Gasteiger partial charge in [-0.3, -0.25) is 10.00 Å². The lowest BCUT2D eigenvalue weighted by Gasteiger charge is -2.14. The van der Waals surface area contributed by atoms with Crippen molar-refractivity contribution in [3.8, 4) is 5.75 Å². The number of anilines is 2. The predicted octanol–water partition coefficient (Wildman–Crippen LogP) is 2.89. The van der Waals surface area contributed by atoms with Crippen LogP contribution in [0, 0.1) is 0 Å². The van der Waals surface area contributed by atoms with Crippen LogP contribution in [0.15, 0.2) is 24.3 Å². The van der Waals surface area contributed by atoms with Crippen LogP contribution in [0.2, 0.25) is 0 Å². The number of ether oxygens (including phenoxy) is 1. The lowest BCUT2D eigenvalue weighted by molar-refractivity contribution is 0.262. The minimum absolute atomic E-state index is 0.281. The van der Waals surface area contributed by atoms with E-state index < -0.39 is 0 Å². The van der Waals surface area contributed by atoms with Crippen molar-refractivity contribution >= 4 is 17.5 Å². The molecule has 134 valence electrons. The number of benzene rings is 1. The molecule has 0 atom stereocenters. The largest absolute Gasteiger partial charge is 0.494 e. The van der Waals surface area contributed by atoms with Crippen LogP contribution >= 0.6 is 0 Å². The highest BCUT2D eigenvalue weighted by molar-refractivity contribution is 5.99. The molecule has 1 aliphatic rings. The number of urea groups is 1. The summed E-state index contributed by atoms with van der Waals surface area (Å²) >= 11 is 0. The molecule has 7 heteroatoms. The number of fused-ring (bicyclic) bond motifs is 1. The molecule has 2 amide bonds. The number of carbonyl (C=O) groups is 1. The van der Waals surface area contributed by atoms with Crippen molar-refractivity contribution < 1.29 is 9.53 Å². The molecule has 0 bridgehead atoms. The number of nitrogens with one attached hydrogen (secondary N) is 3. The molecule has 0 saturated carbocycles. The van der Waals surface area contributed by atoms with Gasteiger partial charge in [0.1, 0.15) is 11.6 Å². The Labute approximate surface area is 147 Å². The number of hydrogen-bond acceptors (Lipinski definition) is 4. The summed E-state index contributed by atoms with van der Waals surface area (Å²) in [5.74, 6) is 1.55. The molecular weight excluding hydrogens is 318 g/mol. The third-order valence-electron chi connectivity index (χ3n) is 4.18. The van der Waals surface area contributed by atoms with Crippen LogP contribution in [0.25, 0.3) is 0 Å². The average molecular weight is 343 g/mol. The second kappa shape index (κ2) is 8.02. The van der Waals surface area contributed by atoms with Crippen LogP contribution in [-0.4, -0.2) is 29.0 Å². The quantitative estimate of drug-likeness (QED) is 0.705. The molecule has 2 aromatic rings. The number of carbonyl (C=O) groups excluding carboxylic acids is 1. The predicted molar refractivity (Wildman–Crippen MR) is 98.1 cm³/mol. The van der Waals surface area contributed by atoms with Crippen molar-refractivity contribution in [1.82, 2.24) is 15.1 Å². The fourth-order valence-corrected chi connectivity index (χ4v) is 2.83. The van der Waals surface area contributed by atoms with E-state index in [1.54, 1.807) is 4.68 Å². The Bertz CT molecular complexity index is 724. The Morgan fingerprint density at radius 3 is 2.88 bits per heavy atom. The third kappa shape index (κ3) is 4.30.